The third kappa shape index (κ3) is 2.92. The number of rotatable bonds is 4. The number of methoxy groups -OCH3 is 1. The van der Waals surface area contributed by atoms with Crippen molar-refractivity contribution >= 4 is 5.97 Å². The normalized spacial score (nSPS) is 23.7. The summed E-state index contributed by atoms with van der Waals surface area (Å²) in [6, 6.07) is 8.28. The molecule has 0 N–H and O–H groups in total. The van der Waals surface area contributed by atoms with Gasteiger partial charge in [-0.25, -0.2) is 0 Å². The molecule has 0 saturated carbocycles. The van der Waals surface area contributed by atoms with Crippen LogP contribution in [0.15, 0.2) is 35.6 Å². The Balaban J connectivity index is 2.32. The Bertz CT molecular complexity index is 522. The molecule has 0 amide bonds. The smallest absolute Gasteiger partial charge is 0.315 e. The van der Waals surface area contributed by atoms with Crippen LogP contribution in [0, 0.1) is 4.91 Å². The Morgan fingerprint density at radius 1 is 1.47 bits per heavy atom. The van der Waals surface area contributed by atoms with Gasteiger partial charge in [-0.3, -0.25) is 9.80 Å². The van der Waals surface area contributed by atoms with E-state index in [2.05, 4.69) is 10.0 Å². The molecule has 19 heavy (non-hydrogen) atoms. The summed E-state index contributed by atoms with van der Waals surface area (Å²) in [5, 5.41) is 4.31. The molecule has 2 atom stereocenters. The molecular formula is C14H18N2O3. The van der Waals surface area contributed by atoms with Gasteiger partial charge in [0.15, 0.2) is 0 Å². The summed E-state index contributed by atoms with van der Waals surface area (Å²) in [5.41, 5.74) is 0.623. The highest BCUT2D eigenvalue weighted by Crippen LogP contribution is 2.31. The minimum atomic E-state index is -2.81. The average Bonchev–Trinajstić information content (AvgIpc) is 2.47. The summed E-state index contributed by atoms with van der Waals surface area (Å²) in [7, 11) is -2.81. The summed E-state index contributed by atoms with van der Waals surface area (Å²) in [4.78, 5) is 23.4. The molecule has 2 unspecified atom stereocenters. The molecule has 5 nitrogen and oxygen atoms in total. The summed E-state index contributed by atoms with van der Waals surface area (Å²) in [6.45, 7) is 0.457. The van der Waals surface area contributed by atoms with Gasteiger partial charge in [-0.05, 0) is 24.8 Å². The third-order valence-electron chi connectivity index (χ3n) is 3.52. The first-order valence-corrected chi connectivity index (χ1v) is 6.30. The Labute approximate surface area is 116 Å². The molecule has 2 rings (SSSR count). The number of piperidine rings is 1. The number of carbonyl (C=O) groups excluding carboxylic acids is 1. The molecule has 0 aromatic heterocycles. The molecule has 1 aliphatic heterocycles. The van der Waals surface area contributed by atoms with Gasteiger partial charge in [0, 0.05) is 6.54 Å². The van der Waals surface area contributed by atoms with Crippen LogP contribution < -0.4 is 0 Å². The van der Waals surface area contributed by atoms with E-state index in [-0.39, 0.29) is 0 Å². The maximum absolute atomic E-state index is 12.4. The van der Waals surface area contributed by atoms with Crippen LogP contribution in [0.5, 0.6) is 0 Å². The van der Waals surface area contributed by atoms with E-state index in [1.165, 1.54) is 5.01 Å². The summed E-state index contributed by atoms with van der Waals surface area (Å²) < 4.78 is 25.9. The second kappa shape index (κ2) is 6.31. The van der Waals surface area contributed by atoms with Crippen molar-refractivity contribution in [1.29, 1.82) is 0 Å². The lowest BCUT2D eigenvalue weighted by Crippen LogP contribution is -2.42. The number of hydrogen-bond donors (Lipinski definition) is 0. The lowest BCUT2D eigenvalue weighted by molar-refractivity contribution is -0.144. The van der Waals surface area contributed by atoms with E-state index in [9.17, 15) is 9.70 Å². The van der Waals surface area contributed by atoms with Crippen molar-refractivity contribution in [3.05, 3.63) is 40.8 Å². The van der Waals surface area contributed by atoms with Crippen LogP contribution in [-0.4, -0.2) is 30.6 Å². The molecule has 0 spiro atoms. The van der Waals surface area contributed by atoms with Crippen molar-refractivity contribution in [2.75, 3.05) is 13.6 Å². The van der Waals surface area contributed by atoms with Crippen molar-refractivity contribution < 1.29 is 13.6 Å². The van der Waals surface area contributed by atoms with Gasteiger partial charge < -0.3 is 4.74 Å². The number of nitroso groups, excluding NO2 is 1. The molecule has 102 valence electrons. The van der Waals surface area contributed by atoms with Crippen LogP contribution in [0.3, 0.4) is 0 Å². The number of nitrogens with zero attached hydrogens (tertiary/aromatic N) is 2. The zero-order chi connectivity index (χ0) is 16.2. The van der Waals surface area contributed by atoms with E-state index < -0.39 is 25.0 Å². The van der Waals surface area contributed by atoms with E-state index in [0.717, 1.165) is 12.8 Å². The van der Waals surface area contributed by atoms with Crippen LogP contribution in [-0.2, 0) is 9.53 Å². The zero-order valence-corrected chi connectivity index (χ0v) is 10.5. The first-order valence-electron chi connectivity index (χ1n) is 7.80. The van der Waals surface area contributed by atoms with E-state index in [1.807, 2.05) is 0 Å². The Morgan fingerprint density at radius 2 is 2.26 bits per heavy atom. The van der Waals surface area contributed by atoms with Gasteiger partial charge in [0.2, 0.25) is 0 Å². The molecule has 0 bridgehead atoms. The van der Waals surface area contributed by atoms with Crippen LogP contribution in [0.1, 0.15) is 34.9 Å². The first-order chi connectivity index (χ1) is 10.4. The van der Waals surface area contributed by atoms with E-state index in [1.54, 1.807) is 30.3 Å². The van der Waals surface area contributed by atoms with E-state index >= 15 is 0 Å². The fourth-order valence-corrected chi connectivity index (χ4v) is 2.62. The van der Waals surface area contributed by atoms with Crippen molar-refractivity contribution in [2.45, 2.75) is 31.2 Å². The number of esters is 1. The van der Waals surface area contributed by atoms with Gasteiger partial charge in [0.1, 0.15) is 5.92 Å². The molecule has 0 aliphatic carbocycles. The molecule has 1 heterocycles. The van der Waals surface area contributed by atoms with Gasteiger partial charge in [-0.2, -0.15) is 0 Å². The lowest BCUT2D eigenvalue weighted by atomic mass is 9.86. The molecule has 1 saturated heterocycles. The highest BCUT2D eigenvalue weighted by atomic mass is 16.5. The second-order valence-corrected chi connectivity index (χ2v) is 4.62. The molecule has 1 fully saturated rings. The molecule has 0 radical (unpaired) electrons. The Kier molecular flexibility index (Phi) is 3.31. The van der Waals surface area contributed by atoms with Crippen molar-refractivity contribution in [2.24, 2.45) is 5.29 Å². The largest absolute Gasteiger partial charge is 0.468 e. The van der Waals surface area contributed by atoms with Gasteiger partial charge >= 0.3 is 5.97 Å². The van der Waals surface area contributed by atoms with Crippen LogP contribution >= 0.6 is 0 Å². The van der Waals surface area contributed by atoms with Crippen LogP contribution in [0.2, 0.25) is 0 Å². The monoisotopic (exact) mass is 265 g/mol. The molecule has 1 aromatic carbocycles. The molecule has 1 aromatic rings. The van der Waals surface area contributed by atoms with Gasteiger partial charge in [0.05, 0.1) is 22.5 Å². The summed E-state index contributed by atoms with van der Waals surface area (Å²) in [5.74, 6) is -1.70. The quantitative estimate of drug-likeness (QED) is 0.620. The van der Waals surface area contributed by atoms with Crippen LogP contribution in [0.25, 0.3) is 0 Å². The minimum Gasteiger partial charge on any atom is -0.468 e. The number of benzene rings is 1. The first kappa shape index (κ1) is 9.95. The minimum absolute atomic E-state index is 0.457. The fourth-order valence-electron chi connectivity index (χ4n) is 2.62. The summed E-state index contributed by atoms with van der Waals surface area (Å²) in [6.07, 6.45) is 2.25. The Morgan fingerprint density at radius 3 is 2.95 bits per heavy atom. The Hall–Kier alpha value is -1.91. The van der Waals surface area contributed by atoms with E-state index in [0.29, 0.717) is 18.5 Å². The average molecular weight is 265 g/mol. The van der Waals surface area contributed by atoms with E-state index in [4.69, 9.17) is 4.11 Å². The second-order valence-electron chi connectivity index (χ2n) is 4.62. The number of carbonyl (C=O) groups is 1. The lowest BCUT2D eigenvalue weighted by Gasteiger charge is -2.35. The highest BCUT2D eigenvalue weighted by Gasteiger charge is 2.36. The predicted molar refractivity (Wildman–Crippen MR) is 71.3 cm³/mol. The predicted octanol–water partition coefficient (Wildman–Crippen LogP) is 2.48. The summed E-state index contributed by atoms with van der Waals surface area (Å²) >= 11 is 0. The maximum Gasteiger partial charge on any atom is 0.315 e. The third-order valence-corrected chi connectivity index (χ3v) is 3.52. The number of hydrogen-bond acceptors (Lipinski definition) is 4. The molecule has 1 aliphatic rings. The highest BCUT2D eigenvalue weighted by molar-refractivity contribution is 5.79. The van der Waals surface area contributed by atoms with Gasteiger partial charge in [-0.15, -0.1) is 4.91 Å². The SMILES string of the molecule is [2H]C([2H])([2H])OC(=O)C(c1ccccc1)C1CCCCN1N=O. The van der Waals surface area contributed by atoms with Crippen LogP contribution in [0.4, 0.5) is 0 Å². The maximum atomic E-state index is 12.4. The standard InChI is InChI=1S/C14H18N2O3/c1-19-14(17)13(11-7-3-2-4-8-11)12-9-5-6-10-16(12)15-18/h2-4,7-8,12-13H,5-6,9-10H2,1H3/i1D3. The van der Waals surface area contributed by atoms with Gasteiger partial charge in [-0.1, -0.05) is 30.3 Å². The van der Waals surface area contributed by atoms with Crippen molar-refractivity contribution in [1.82, 2.24) is 5.01 Å². The number of ether oxygens (including phenoxy) is 1. The van der Waals surface area contributed by atoms with Gasteiger partial charge in [0.25, 0.3) is 0 Å². The molecular weight excluding hydrogens is 244 g/mol. The van der Waals surface area contributed by atoms with Crippen molar-refractivity contribution in [3.63, 3.8) is 0 Å². The fraction of sp³-hybridized carbons (Fsp3) is 0.500. The zero-order valence-electron chi connectivity index (χ0n) is 13.5. The molecule has 5 heteroatoms. The van der Waals surface area contributed by atoms with Crippen molar-refractivity contribution in [3.8, 4) is 0 Å². The topological polar surface area (TPSA) is 59.0 Å².